The van der Waals surface area contributed by atoms with Crippen molar-refractivity contribution in [1.82, 2.24) is 4.90 Å². The minimum atomic E-state index is -0.706. The average molecular weight is 424 g/mol. The molecule has 0 radical (unpaired) electrons. The summed E-state index contributed by atoms with van der Waals surface area (Å²) in [5.74, 6) is 0.908. The summed E-state index contributed by atoms with van der Waals surface area (Å²) in [5, 5.41) is 22.7. The van der Waals surface area contributed by atoms with Crippen molar-refractivity contribution in [2.24, 2.45) is 16.2 Å². The van der Waals surface area contributed by atoms with Gasteiger partial charge in [-0.05, 0) is 62.7 Å². The van der Waals surface area contributed by atoms with Gasteiger partial charge in [-0.1, -0.05) is 32.1 Å². The molecule has 4 unspecified atom stereocenters. The Bertz CT molecular complexity index is 1050. The molecule has 1 aromatic carbocycles. The number of rotatable bonds is 1. The van der Waals surface area contributed by atoms with E-state index >= 15 is 0 Å². The zero-order chi connectivity index (χ0) is 21.6. The van der Waals surface area contributed by atoms with Gasteiger partial charge in [0.25, 0.3) is 0 Å². The Morgan fingerprint density at radius 1 is 1.16 bits per heavy atom. The van der Waals surface area contributed by atoms with Crippen LogP contribution in [0.1, 0.15) is 50.7 Å². The van der Waals surface area contributed by atoms with Crippen LogP contribution in [0.15, 0.2) is 24.3 Å². The lowest BCUT2D eigenvalue weighted by Gasteiger charge is -2.74. The minimum absolute atomic E-state index is 0.127. The summed E-state index contributed by atoms with van der Waals surface area (Å²) in [6.07, 6.45) is 8.79. The smallest absolute Gasteiger partial charge is 0.165 e. The monoisotopic (exact) mass is 423 g/mol. The van der Waals surface area contributed by atoms with Gasteiger partial charge in [-0.3, -0.25) is 0 Å². The summed E-state index contributed by atoms with van der Waals surface area (Å²) in [5.41, 5.74) is 0.949. The average Bonchev–Trinajstić information content (AvgIpc) is 3.22. The fourth-order valence-electron chi connectivity index (χ4n) is 9.49. The number of hydrogen-bond acceptors (Lipinski definition) is 5. The maximum atomic E-state index is 11.9. The minimum Gasteiger partial charge on any atom is -0.504 e. The summed E-state index contributed by atoms with van der Waals surface area (Å²) >= 11 is 0. The number of ether oxygens (including phenoxy) is 2. The number of likely N-dealkylation sites (N-methyl/N-ethyl adjacent to an activating group) is 1. The van der Waals surface area contributed by atoms with E-state index in [1.165, 1.54) is 11.1 Å². The van der Waals surface area contributed by atoms with Crippen LogP contribution in [0.2, 0.25) is 0 Å². The lowest BCUT2D eigenvalue weighted by atomic mass is 9.33. The van der Waals surface area contributed by atoms with Gasteiger partial charge in [0.2, 0.25) is 0 Å². The van der Waals surface area contributed by atoms with E-state index in [2.05, 4.69) is 44.0 Å². The second-order valence-electron chi connectivity index (χ2n) is 12.0. The third-order valence-electron chi connectivity index (χ3n) is 10.8. The van der Waals surface area contributed by atoms with Crippen LogP contribution in [-0.2, 0) is 16.6 Å². The molecule has 2 N–H and O–H groups in total. The molecule has 5 aliphatic carbocycles. The Morgan fingerprint density at radius 3 is 2.68 bits per heavy atom. The molecule has 2 saturated carbocycles. The van der Waals surface area contributed by atoms with Crippen molar-refractivity contribution >= 4 is 0 Å². The highest BCUT2D eigenvalue weighted by atomic mass is 16.6. The van der Waals surface area contributed by atoms with Crippen LogP contribution in [0, 0.1) is 16.2 Å². The maximum absolute atomic E-state index is 11.9. The van der Waals surface area contributed by atoms with Gasteiger partial charge < -0.3 is 24.6 Å². The number of aromatic hydroxyl groups is 1. The van der Waals surface area contributed by atoms with Crippen molar-refractivity contribution in [3.8, 4) is 11.5 Å². The first-order valence-electron chi connectivity index (χ1n) is 11.8. The number of methoxy groups -OCH3 is 1. The predicted molar refractivity (Wildman–Crippen MR) is 116 cm³/mol. The fourth-order valence-corrected chi connectivity index (χ4v) is 9.49. The van der Waals surface area contributed by atoms with E-state index < -0.39 is 11.7 Å². The highest BCUT2D eigenvalue weighted by Crippen LogP contribution is 2.79. The van der Waals surface area contributed by atoms with Crippen LogP contribution in [0.5, 0.6) is 11.5 Å². The second kappa shape index (κ2) is 5.16. The number of benzene rings is 1. The van der Waals surface area contributed by atoms with Crippen molar-refractivity contribution in [2.75, 3.05) is 20.7 Å². The van der Waals surface area contributed by atoms with Gasteiger partial charge in [-0.25, -0.2) is 0 Å². The van der Waals surface area contributed by atoms with E-state index in [1.54, 1.807) is 13.2 Å². The van der Waals surface area contributed by atoms with Crippen molar-refractivity contribution < 1.29 is 19.7 Å². The van der Waals surface area contributed by atoms with Crippen LogP contribution in [0.4, 0.5) is 0 Å². The topological polar surface area (TPSA) is 62.2 Å². The van der Waals surface area contributed by atoms with Crippen LogP contribution < -0.4 is 4.74 Å². The lowest BCUT2D eigenvalue weighted by Crippen LogP contribution is -2.82. The van der Waals surface area contributed by atoms with Crippen LogP contribution in [0.25, 0.3) is 0 Å². The molecular weight excluding hydrogens is 390 g/mol. The molecule has 0 aromatic heterocycles. The first-order chi connectivity index (χ1) is 14.7. The normalized spacial score (nSPS) is 50.0. The predicted octanol–water partition coefficient (Wildman–Crippen LogP) is 3.16. The molecule has 8 rings (SSSR count). The first kappa shape index (κ1) is 19.0. The Balaban J connectivity index is 1.58. The molecule has 7 atom stereocenters. The highest BCUT2D eigenvalue weighted by molar-refractivity contribution is 5.65. The molecule has 5 heteroatoms. The molecule has 3 spiro atoms. The molecule has 2 heterocycles. The first-order valence-corrected chi connectivity index (χ1v) is 11.8. The van der Waals surface area contributed by atoms with Crippen molar-refractivity contribution in [3.05, 3.63) is 35.4 Å². The third kappa shape index (κ3) is 1.63. The standard InChI is InChI=1S/C26H33NO4/c1-22(2)7-8-24(20(22)29)14-23-9-10-26(24,30-4)21-25(23)11-12-27(3)17(23)13-15-5-6-16(28)19(31-21)18(15)25/h5-6,9-10,17,20-21,28-29H,7-8,11-14H2,1-4H3/t17?,20-,21+,23?,24?,25?,26+/m1/s1. The molecule has 1 aromatic rings. The molecule has 4 bridgehead atoms. The van der Waals surface area contributed by atoms with E-state index in [9.17, 15) is 10.2 Å². The lowest BCUT2D eigenvalue weighted by molar-refractivity contribution is -0.271. The van der Waals surface area contributed by atoms with Gasteiger partial charge in [-0.2, -0.15) is 0 Å². The Kier molecular flexibility index (Phi) is 3.15. The number of nitrogens with zero attached hydrogens (tertiary/aromatic N) is 1. The van der Waals surface area contributed by atoms with Crippen molar-refractivity contribution in [3.63, 3.8) is 0 Å². The summed E-state index contributed by atoms with van der Waals surface area (Å²) in [6.45, 7) is 5.39. The number of aliphatic hydroxyl groups excluding tert-OH is 1. The van der Waals surface area contributed by atoms with Crippen LogP contribution in [0.3, 0.4) is 0 Å². The third-order valence-corrected chi connectivity index (χ3v) is 10.8. The van der Waals surface area contributed by atoms with Crippen molar-refractivity contribution in [2.45, 2.75) is 75.2 Å². The molecular formula is C26H33NO4. The molecule has 5 nitrogen and oxygen atoms in total. The SMILES string of the molecule is CO[C@]12C=CC3(CC14CCC(C)(C)[C@H]4O)C1Cc4ccc(O)c5c4C3(CCN1C)[C@@H]2O5. The summed E-state index contributed by atoms with van der Waals surface area (Å²) in [6, 6.07) is 4.26. The zero-order valence-corrected chi connectivity index (χ0v) is 18.9. The number of likely N-dealkylation sites (tertiary alicyclic amines) is 1. The van der Waals surface area contributed by atoms with Gasteiger partial charge in [0.05, 0.1) is 11.5 Å². The number of phenols is 1. The van der Waals surface area contributed by atoms with Crippen LogP contribution in [-0.4, -0.2) is 59.7 Å². The van der Waals surface area contributed by atoms with E-state index in [-0.39, 0.29) is 33.5 Å². The van der Waals surface area contributed by atoms with E-state index in [1.807, 2.05) is 0 Å². The quantitative estimate of drug-likeness (QED) is 0.680. The van der Waals surface area contributed by atoms with E-state index in [0.717, 1.165) is 38.6 Å². The Labute approximate surface area is 184 Å². The molecule has 1 saturated heterocycles. The molecule has 2 aliphatic heterocycles. The summed E-state index contributed by atoms with van der Waals surface area (Å²) in [7, 11) is 4.05. The zero-order valence-electron chi connectivity index (χ0n) is 18.9. The van der Waals surface area contributed by atoms with E-state index in [4.69, 9.17) is 9.47 Å². The van der Waals surface area contributed by atoms with E-state index in [0.29, 0.717) is 11.8 Å². The maximum Gasteiger partial charge on any atom is 0.165 e. The Morgan fingerprint density at radius 2 is 1.97 bits per heavy atom. The highest BCUT2D eigenvalue weighted by Gasteiger charge is 2.84. The molecule has 7 aliphatic rings. The number of aliphatic hydroxyl groups is 1. The Hall–Kier alpha value is -1.56. The summed E-state index contributed by atoms with van der Waals surface area (Å²) < 4.78 is 13.3. The molecule has 3 fully saturated rings. The van der Waals surface area contributed by atoms with Gasteiger partial charge in [0.1, 0.15) is 11.7 Å². The fraction of sp³-hybridized carbons (Fsp3) is 0.692. The van der Waals surface area contributed by atoms with Gasteiger partial charge in [-0.15, -0.1) is 0 Å². The number of hydrogen-bond donors (Lipinski definition) is 2. The summed E-state index contributed by atoms with van der Waals surface area (Å²) in [4.78, 5) is 2.53. The van der Waals surface area contributed by atoms with Gasteiger partial charge in [0, 0.05) is 29.5 Å². The van der Waals surface area contributed by atoms with Crippen LogP contribution >= 0.6 is 0 Å². The number of phenolic OH excluding ortho intramolecular Hbond substituents is 1. The number of piperidine rings is 1. The van der Waals surface area contributed by atoms with Crippen molar-refractivity contribution in [1.29, 1.82) is 0 Å². The van der Waals surface area contributed by atoms with Gasteiger partial charge >= 0.3 is 0 Å². The largest absolute Gasteiger partial charge is 0.504 e. The second-order valence-corrected chi connectivity index (χ2v) is 12.0. The molecule has 0 amide bonds. The van der Waals surface area contributed by atoms with Gasteiger partial charge in [0.15, 0.2) is 11.5 Å². The molecule has 31 heavy (non-hydrogen) atoms. The molecule has 166 valence electrons.